The number of aromatic amines is 1. The van der Waals surface area contributed by atoms with Crippen molar-refractivity contribution in [1.82, 2.24) is 9.97 Å². The second-order valence-corrected chi connectivity index (χ2v) is 6.20. The van der Waals surface area contributed by atoms with Crippen LogP contribution in [-0.2, 0) is 12.4 Å². The number of thiophene rings is 1. The van der Waals surface area contributed by atoms with Gasteiger partial charge in [-0.05, 0) is 29.1 Å². The van der Waals surface area contributed by atoms with Gasteiger partial charge in [-0.2, -0.15) is 0 Å². The number of benzene rings is 1. The Kier molecular flexibility index (Phi) is 3.86. The van der Waals surface area contributed by atoms with Gasteiger partial charge in [-0.1, -0.05) is 12.1 Å². The smallest absolute Gasteiger partial charge is 0.268 e. The normalized spacial score (nSPS) is 11.1. The van der Waals surface area contributed by atoms with Gasteiger partial charge in [0.2, 0.25) is 0 Å². The number of H-pyrrole nitrogens is 1. The van der Waals surface area contributed by atoms with Crippen molar-refractivity contribution >= 4 is 33.3 Å². The Balaban J connectivity index is 1.77. The van der Waals surface area contributed by atoms with Crippen LogP contribution in [0.4, 0.5) is 0 Å². The van der Waals surface area contributed by atoms with E-state index in [4.69, 9.17) is 5.11 Å². The fourth-order valence-electron chi connectivity index (χ4n) is 1.83. The van der Waals surface area contributed by atoms with E-state index in [1.807, 2.05) is 35.7 Å². The van der Waals surface area contributed by atoms with Crippen LogP contribution in [0, 0.1) is 0 Å². The van der Waals surface area contributed by atoms with E-state index in [-0.39, 0.29) is 12.2 Å². The van der Waals surface area contributed by atoms with E-state index >= 15 is 0 Å². The molecule has 2 N–H and O–H groups in total. The van der Waals surface area contributed by atoms with Crippen LogP contribution in [0.1, 0.15) is 11.4 Å². The molecule has 0 bridgehead atoms. The SMILES string of the molecule is O=c1[nH]c(CSc2ccc(CO)cc2)nc2ccsc12. The molecule has 3 rings (SSSR count). The van der Waals surface area contributed by atoms with Gasteiger partial charge in [-0.3, -0.25) is 4.79 Å². The summed E-state index contributed by atoms with van der Waals surface area (Å²) in [6.45, 7) is 0.0502. The molecule has 0 spiro atoms. The van der Waals surface area contributed by atoms with Crippen LogP contribution in [0.5, 0.6) is 0 Å². The van der Waals surface area contributed by atoms with E-state index in [1.54, 1.807) is 11.8 Å². The van der Waals surface area contributed by atoms with Crippen molar-refractivity contribution in [2.75, 3.05) is 0 Å². The fraction of sp³-hybridized carbons (Fsp3) is 0.143. The Bertz CT molecular complexity index is 778. The van der Waals surface area contributed by atoms with Crippen molar-refractivity contribution in [3.63, 3.8) is 0 Å². The first-order valence-electron chi connectivity index (χ1n) is 6.05. The van der Waals surface area contributed by atoms with E-state index in [0.717, 1.165) is 16.0 Å². The van der Waals surface area contributed by atoms with Crippen LogP contribution in [0.2, 0.25) is 0 Å². The minimum Gasteiger partial charge on any atom is -0.392 e. The summed E-state index contributed by atoms with van der Waals surface area (Å²) < 4.78 is 0.672. The highest BCUT2D eigenvalue weighted by Gasteiger charge is 2.05. The maximum Gasteiger partial charge on any atom is 0.268 e. The Labute approximate surface area is 123 Å². The van der Waals surface area contributed by atoms with Gasteiger partial charge in [-0.15, -0.1) is 23.1 Å². The number of aliphatic hydroxyl groups excluding tert-OH is 1. The molecule has 2 heterocycles. The molecule has 0 saturated heterocycles. The lowest BCUT2D eigenvalue weighted by molar-refractivity contribution is 0.282. The molecule has 102 valence electrons. The largest absolute Gasteiger partial charge is 0.392 e. The van der Waals surface area contributed by atoms with Crippen LogP contribution in [0.3, 0.4) is 0 Å². The Morgan fingerprint density at radius 2 is 2.05 bits per heavy atom. The molecule has 0 aliphatic heterocycles. The lowest BCUT2D eigenvalue weighted by Crippen LogP contribution is -2.09. The number of rotatable bonds is 4. The molecule has 6 heteroatoms. The Morgan fingerprint density at radius 1 is 1.25 bits per heavy atom. The van der Waals surface area contributed by atoms with Crippen LogP contribution < -0.4 is 5.56 Å². The molecule has 0 unspecified atom stereocenters. The molecular weight excluding hydrogens is 292 g/mol. The van der Waals surface area contributed by atoms with Crippen LogP contribution in [0.25, 0.3) is 10.2 Å². The van der Waals surface area contributed by atoms with Crippen molar-refractivity contribution in [3.05, 3.63) is 57.5 Å². The number of nitrogens with zero attached hydrogens (tertiary/aromatic N) is 1. The van der Waals surface area contributed by atoms with Gasteiger partial charge in [0.05, 0.1) is 17.9 Å². The standard InChI is InChI=1S/C14H12N2O2S2/c17-7-9-1-3-10(4-2-9)20-8-12-15-11-5-6-19-13(11)14(18)16-12/h1-6,17H,7-8H2,(H,15,16,18). The summed E-state index contributed by atoms with van der Waals surface area (Å²) in [7, 11) is 0. The van der Waals surface area contributed by atoms with Crippen molar-refractivity contribution in [2.45, 2.75) is 17.3 Å². The van der Waals surface area contributed by atoms with Gasteiger partial charge in [0.15, 0.2) is 0 Å². The maximum atomic E-state index is 11.8. The molecule has 4 nitrogen and oxygen atoms in total. The Hall–Kier alpha value is -1.63. The van der Waals surface area contributed by atoms with Gasteiger partial charge in [0, 0.05) is 4.90 Å². The molecule has 0 radical (unpaired) electrons. The molecule has 20 heavy (non-hydrogen) atoms. The average molecular weight is 304 g/mol. The number of thioether (sulfide) groups is 1. The van der Waals surface area contributed by atoms with E-state index in [9.17, 15) is 4.79 Å². The third kappa shape index (κ3) is 2.77. The zero-order valence-electron chi connectivity index (χ0n) is 10.5. The minimum absolute atomic E-state index is 0.0502. The maximum absolute atomic E-state index is 11.8. The number of hydrogen-bond acceptors (Lipinski definition) is 5. The van der Waals surface area contributed by atoms with E-state index in [0.29, 0.717) is 16.3 Å². The number of nitrogens with one attached hydrogen (secondary N) is 1. The van der Waals surface area contributed by atoms with E-state index < -0.39 is 0 Å². The zero-order valence-corrected chi connectivity index (χ0v) is 12.1. The highest BCUT2D eigenvalue weighted by molar-refractivity contribution is 7.98. The molecule has 0 aliphatic carbocycles. The molecular formula is C14H12N2O2S2. The van der Waals surface area contributed by atoms with E-state index in [1.165, 1.54) is 11.3 Å². The van der Waals surface area contributed by atoms with Crippen molar-refractivity contribution in [3.8, 4) is 0 Å². The third-order valence-corrected chi connectivity index (χ3v) is 4.77. The van der Waals surface area contributed by atoms with Gasteiger partial charge in [-0.25, -0.2) is 4.98 Å². The van der Waals surface area contributed by atoms with Crippen molar-refractivity contribution in [1.29, 1.82) is 0 Å². The number of hydrogen-bond donors (Lipinski definition) is 2. The fourth-order valence-corrected chi connectivity index (χ4v) is 3.33. The van der Waals surface area contributed by atoms with Crippen LogP contribution in [0.15, 0.2) is 45.4 Å². The predicted molar refractivity (Wildman–Crippen MR) is 82.2 cm³/mol. The first kappa shape index (κ1) is 13.4. The number of fused-ring (bicyclic) bond motifs is 1. The van der Waals surface area contributed by atoms with Gasteiger partial charge in [0.25, 0.3) is 5.56 Å². The lowest BCUT2D eigenvalue weighted by atomic mass is 10.2. The molecule has 0 saturated carbocycles. The third-order valence-electron chi connectivity index (χ3n) is 2.85. The highest BCUT2D eigenvalue weighted by Crippen LogP contribution is 2.22. The summed E-state index contributed by atoms with van der Waals surface area (Å²) in [4.78, 5) is 20.2. The Morgan fingerprint density at radius 3 is 2.80 bits per heavy atom. The average Bonchev–Trinajstić information content (AvgIpc) is 2.94. The monoisotopic (exact) mass is 304 g/mol. The summed E-state index contributed by atoms with van der Waals surface area (Å²) in [6.07, 6.45) is 0. The zero-order chi connectivity index (χ0) is 13.9. The quantitative estimate of drug-likeness (QED) is 0.727. The van der Waals surface area contributed by atoms with Crippen molar-refractivity contribution < 1.29 is 5.11 Å². The van der Waals surface area contributed by atoms with Crippen LogP contribution in [-0.4, -0.2) is 15.1 Å². The van der Waals surface area contributed by atoms with Gasteiger partial charge >= 0.3 is 0 Å². The number of aliphatic hydroxyl groups is 1. The first-order chi connectivity index (χ1) is 9.76. The summed E-state index contributed by atoms with van der Waals surface area (Å²) in [6, 6.07) is 9.55. The number of aromatic nitrogens is 2. The topological polar surface area (TPSA) is 66.0 Å². The second-order valence-electron chi connectivity index (χ2n) is 4.24. The summed E-state index contributed by atoms with van der Waals surface area (Å²) in [5.41, 5.74) is 1.57. The van der Waals surface area contributed by atoms with Gasteiger partial charge in [0.1, 0.15) is 10.5 Å². The molecule has 1 aromatic carbocycles. The molecule has 0 aliphatic rings. The first-order valence-corrected chi connectivity index (χ1v) is 7.92. The molecule has 0 fully saturated rings. The van der Waals surface area contributed by atoms with Crippen LogP contribution >= 0.6 is 23.1 Å². The van der Waals surface area contributed by atoms with Crippen molar-refractivity contribution in [2.24, 2.45) is 0 Å². The summed E-state index contributed by atoms with van der Waals surface area (Å²) in [5.74, 6) is 1.29. The summed E-state index contributed by atoms with van der Waals surface area (Å²) in [5, 5.41) is 10.9. The molecule has 3 aromatic rings. The second kappa shape index (κ2) is 5.78. The van der Waals surface area contributed by atoms with E-state index in [2.05, 4.69) is 9.97 Å². The minimum atomic E-state index is -0.0729. The molecule has 0 amide bonds. The highest BCUT2D eigenvalue weighted by atomic mass is 32.2. The molecule has 0 atom stereocenters. The lowest BCUT2D eigenvalue weighted by Gasteiger charge is -2.03. The van der Waals surface area contributed by atoms with Gasteiger partial charge < -0.3 is 10.1 Å². The summed E-state index contributed by atoms with van der Waals surface area (Å²) >= 11 is 3.01. The predicted octanol–water partition coefficient (Wildman–Crippen LogP) is 2.77. The molecule has 2 aromatic heterocycles.